The predicted molar refractivity (Wildman–Crippen MR) is 121 cm³/mol. The van der Waals surface area contributed by atoms with Gasteiger partial charge in [0.1, 0.15) is 0 Å². The molecule has 1 amide bonds. The van der Waals surface area contributed by atoms with Gasteiger partial charge in [0, 0.05) is 39.3 Å². The number of carbonyl (C=O) groups excluding carboxylic acids is 1. The van der Waals surface area contributed by atoms with E-state index in [1.165, 1.54) is 5.56 Å². The van der Waals surface area contributed by atoms with Crippen molar-refractivity contribution in [3.05, 3.63) is 65.2 Å². The largest absolute Gasteiger partial charge is 0.341 e. The molecule has 166 valence electrons. The Balaban J connectivity index is 1.33. The molecule has 2 aliphatic heterocycles. The van der Waals surface area contributed by atoms with Crippen molar-refractivity contribution in [3.8, 4) is 0 Å². The van der Waals surface area contributed by atoms with E-state index in [0.717, 1.165) is 37.1 Å². The summed E-state index contributed by atoms with van der Waals surface area (Å²) in [5.41, 5.74) is 3.30. The number of sulfonamides is 1. The van der Waals surface area contributed by atoms with E-state index in [2.05, 4.69) is 17.0 Å². The van der Waals surface area contributed by atoms with Crippen LogP contribution in [0.4, 0.5) is 0 Å². The van der Waals surface area contributed by atoms with E-state index in [4.69, 9.17) is 0 Å². The van der Waals surface area contributed by atoms with E-state index >= 15 is 0 Å². The number of hydrogen-bond donors (Lipinski definition) is 0. The Labute approximate surface area is 185 Å². The van der Waals surface area contributed by atoms with Crippen molar-refractivity contribution in [2.75, 3.05) is 39.3 Å². The van der Waals surface area contributed by atoms with Crippen molar-refractivity contribution in [2.45, 2.75) is 37.6 Å². The van der Waals surface area contributed by atoms with Gasteiger partial charge in [-0.15, -0.1) is 0 Å². The second-order valence-electron chi connectivity index (χ2n) is 8.55. The molecule has 0 radical (unpaired) electrons. The monoisotopic (exact) mass is 441 g/mol. The van der Waals surface area contributed by atoms with Crippen LogP contribution in [0, 0.1) is 13.8 Å². The summed E-state index contributed by atoms with van der Waals surface area (Å²) in [6, 6.07) is 15.4. The number of hydrogen-bond acceptors (Lipinski definition) is 4. The average Bonchev–Trinajstić information content (AvgIpc) is 3.15. The molecular weight excluding hydrogens is 410 g/mol. The van der Waals surface area contributed by atoms with Gasteiger partial charge < -0.3 is 4.90 Å². The maximum atomic E-state index is 13.0. The molecule has 2 aliphatic rings. The third kappa shape index (κ3) is 4.68. The van der Waals surface area contributed by atoms with Crippen molar-refractivity contribution in [1.29, 1.82) is 0 Å². The van der Waals surface area contributed by atoms with Gasteiger partial charge in [-0.3, -0.25) is 9.69 Å². The summed E-state index contributed by atoms with van der Waals surface area (Å²) in [5, 5.41) is 0. The summed E-state index contributed by atoms with van der Waals surface area (Å²) in [5.74, 6) is 0.182. The molecule has 0 spiro atoms. The van der Waals surface area contributed by atoms with Crippen LogP contribution < -0.4 is 0 Å². The number of carbonyl (C=O) groups is 1. The van der Waals surface area contributed by atoms with E-state index in [-0.39, 0.29) is 11.9 Å². The Kier molecular flexibility index (Phi) is 6.46. The Morgan fingerprint density at radius 1 is 0.903 bits per heavy atom. The first-order chi connectivity index (χ1) is 14.9. The van der Waals surface area contributed by atoms with Crippen LogP contribution in [0.2, 0.25) is 0 Å². The first-order valence-corrected chi connectivity index (χ1v) is 12.4. The highest BCUT2D eigenvalue weighted by atomic mass is 32.2. The fraction of sp³-hybridized carbons (Fsp3) is 0.458. The van der Waals surface area contributed by atoms with Crippen molar-refractivity contribution in [3.63, 3.8) is 0 Å². The molecule has 0 bridgehead atoms. The van der Waals surface area contributed by atoms with Gasteiger partial charge >= 0.3 is 0 Å². The molecule has 0 aliphatic carbocycles. The van der Waals surface area contributed by atoms with Crippen LogP contribution >= 0.6 is 0 Å². The lowest BCUT2D eigenvalue weighted by Gasteiger charge is -2.36. The number of rotatable bonds is 6. The number of amides is 1. The summed E-state index contributed by atoms with van der Waals surface area (Å²) in [6.45, 7) is 7.44. The standard InChI is InChI=1S/C24H31N3O3S/c1-19-8-9-22(18-20(19)2)31(29,30)27-16-14-25(15-17-27)23-11-13-26(24(23)28)12-10-21-6-4-3-5-7-21/h3-9,18,23H,10-17H2,1-2H3. The lowest BCUT2D eigenvalue weighted by Crippen LogP contribution is -2.53. The minimum absolute atomic E-state index is 0.123. The lowest BCUT2D eigenvalue weighted by molar-refractivity contribution is -0.132. The fourth-order valence-electron chi connectivity index (χ4n) is 4.47. The predicted octanol–water partition coefficient (Wildman–Crippen LogP) is 2.45. The van der Waals surface area contributed by atoms with Gasteiger partial charge in [-0.1, -0.05) is 36.4 Å². The number of likely N-dealkylation sites (tertiary alicyclic amines) is 1. The maximum Gasteiger partial charge on any atom is 0.243 e. The molecule has 2 saturated heterocycles. The molecule has 1 atom stereocenters. The number of nitrogens with zero attached hydrogens (tertiary/aromatic N) is 3. The minimum atomic E-state index is -3.50. The summed E-state index contributed by atoms with van der Waals surface area (Å²) in [6.07, 6.45) is 1.68. The highest BCUT2D eigenvalue weighted by molar-refractivity contribution is 7.89. The molecule has 2 aromatic carbocycles. The number of benzene rings is 2. The Morgan fingerprint density at radius 2 is 1.61 bits per heavy atom. The molecule has 1 unspecified atom stereocenters. The molecule has 0 saturated carbocycles. The molecular formula is C24H31N3O3S. The first-order valence-electron chi connectivity index (χ1n) is 11.0. The van der Waals surface area contributed by atoms with Gasteiger partial charge in [-0.25, -0.2) is 8.42 Å². The lowest BCUT2D eigenvalue weighted by atomic mass is 10.1. The molecule has 2 heterocycles. The van der Waals surface area contributed by atoms with E-state index in [9.17, 15) is 13.2 Å². The first kappa shape index (κ1) is 22.0. The second-order valence-corrected chi connectivity index (χ2v) is 10.5. The van der Waals surface area contributed by atoms with Crippen molar-refractivity contribution < 1.29 is 13.2 Å². The zero-order valence-corrected chi connectivity index (χ0v) is 19.1. The summed E-state index contributed by atoms with van der Waals surface area (Å²) in [4.78, 5) is 17.4. The molecule has 31 heavy (non-hydrogen) atoms. The average molecular weight is 442 g/mol. The SMILES string of the molecule is Cc1ccc(S(=O)(=O)N2CCN(C3CCN(CCc4ccccc4)C3=O)CC2)cc1C. The van der Waals surface area contributed by atoms with Gasteiger partial charge in [0.2, 0.25) is 15.9 Å². The minimum Gasteiger partial charge on any atom is -0.341 e. The van der Waals surface area contributed by atoms with Crippen LogP contribution in [0.1, 0.15) is 23.1 Å². The Bertz CT molecular complexity index is 1030. The third-order valence-corrected chi connectivity index (χ3v) is 8.51. The van der Waals surface area contributed by atoms with Crippen LogP contribution in [0.3, 0.4) is 0 Å². The topological polar surface area (TPSA) is 60.9 Å². The van der Waals surface area contributed by atoms with Crippen LogP contribution in [0.5, 0.6) is 0 Å². The number of piperazine rings is 1. The van der Waals surface area contributed by atoms with E-state index in [1.54, 1.807) is 16.4 Å². The van der Waals surface area contributed by atoms with Crippen LogP contribution in [-0.4, -0.2) is 73.7 Å². The van der Waals surface area contributed by atoms with E-state index < -0.39 is 10.0 Å². The molecule has 2 aromatic rings. The summed E-state index contributed by atoms with van der Waals surface area (Å²) in [7, 11) is -3.50. The van der Waals surface area contributed by atoms with Crippen LogP contribution in [0.25, 0.3) is 0 Å². The van der Waals surface area contributed by atoms with Crippen LogP contribution in [0.15, 0.2) is 53.4 Å². The van der Waals surface area contributed by atoms with Gasteiger partial charge in [0.25, 0.3) is 0 Å². The van der Waals surface area contributed by atoms with Gasteiger partial charge in [0.05, 0.1) is 10.9 Å². The molecule has 2 fully saturated rings. The molecule has 0 aromatic heterocycles. The highest BCUT2D eigenvalue weighted by Gasteiger charge is 2.38. The Hall–Kier alpha value is -2.22. The van der Waals surface area contributed by atoms with Crippen molar-refractivity contribution in [1.82, 2.24) is 14.1 Å². The maximum absolute atomic E-state index is 13.0. The zero-order valence-electron chi connectivity index (χ0n) is 18.3. The molecule has 0 N–H and O–H groups in total. The quantitative estimate of drug-likeness (QED) is 0.691. The summed E-state index contributed by atoms with van der Waals surface area (Å²) < 4.78 is 27.7. The Morgan fingerprint density at radius 3 is 2.29 bits per heavy atom. The zero-order chi connectivity index (χ0) is 22.0. The molecule has 6 nitrogen and oxygen atoms in total. The normalized spacial score (nSPS) is 21.0. The smallest absolute Gasteiger partial charge is 0.243 e. The molecule has 7 heteroatoms. The van der Waals surface area contributed by atoms with Gasteiger partial charge in [0.15, 0.2) is 0 Å². The van der Waals surface area contributed by atoms with Gasteiger partial charge in [-0.2, -0.15) is 4.31 Å². The van der Waals surface area contributed by atoms with Crippen molar-refractivity contribution in [2.24, 2.45) is 0 Å². The third-order valence-electron chi connectivity index (χ3n) is 6.61. The summed E-state index contributed by atoms with van der Waals surface area (Å²) >= 11 is 0. The van der Waals surface area contributed by atoms with Gasteiger partial charge in [-0.05, 0) is 55.5 Å². The highest BCUT2D eigenvalue weighted by Crippen LogP contribution is 2.23. The number of aryl methyl sites for hydroxylation is 2. The van der Waals surface area contributed by atoms with Crippen LogP contribution in [-0.2, 0) is 21.2 Å². The van der Waals surface area contributed by atoms with E-state index in [0.29, 0.717) is 31.1 Å². The van der Waals surface area contributed by atoms with Crippen molar-refractivity contribution >= 4 is 15.9 Å². The van der Waals surface area contributed by atoms with E-state index in [1.807, 2.05) is 43.0 Å². The molecule has 4 rings (SSSR count). The second kappa shape index (κ2) is 9.10. The fourth-order valence-corrected chi connectivity index (χ4v) is 5.98.